The van der Waals surface area contributed by atoms with Gasteiger partial charge in [-0.25, -0.2) is 9.97 Å². The van der Waals surface area contributed by atoms with Crippen molar-refractivity contribution in [2.24, 2.45) is 0 Å². The standard InChI is InChI=1S/C14H20N5O4PS/c15-14-17-12-11(13(25)18-14)16-7-19(12)10-3-2-9(23-10)6-20-8-24-21-4-1-5-22-24/h7,9-10H,1-6,8H2,(H3,15,17,18,25). The third-order valence-electron chi connectivity index (χ3n) is 4.08. The SMILES string of the molecule is Nc1nc(S)c2ncn(C3CCC(COCP4OCCCO4)O3)c2n1. The van der Waals surface area contributed by atoms with Gasteiger partial charge in [0.05, 0.1) is 32.3 Å². The molecule has 2 fully saturated rings. The first-order valence-corrected chi connectivity index (χ1v) is 9.97. The molecule has 9 nitrogen and oxygen atoms in total. The molecule has 2 N–H and O–H groups in total. The number of fused-ring (bicyclic) bond motifs is 1. The summed E-state index contributed by atoms with van der Waals surface area (Å²) in [5.41, 5.74) is 6.98. The molecule has 0 radical (unpaired) electrons. The summed E-state index contributed by atoms with van der Waals surface area (Å²) >= 11 is 4.30. The van der Waals surface area contributed by atoms with E-state index < -0.39 is 8.38 Å². The summed E-state index contributed by atoms with van der Waals surface area (Å²) in [7, 11) is -0.902. The molecule has 2 aliphatic heterocycles. The van der Waals surface area contributed by atoms with Crippen LogP contribution in [0, 0.1) is 0 Å². The Morgan fingerprint density at radius 1 is 1.32 bits per heavy atom. The van der Waals surface area contributed by atoms with Gasteiger partial charge >= 0.3 is 0 Å². The van der Waals surface area contributed by atoms with E-state index in [9.17, 15) is 0 Å². The Balaban J connectivity index is 1.34. The highest BCUT2D eigenvalue weighted by molar-refractivity contribution is 7.80. The topological polar surface area (TPSA) is 107 Å². The maximum atomic E-state index is 6.08. The van der Waals surface area contributed by atoms with E-state index in [0.29, 0.717) is 29.1 Å². The number of rotatable bonds is 5. The summed E-state index contributed by atoms with van der Waals surface area (Å²) < 4.78 is 24.7. The molecule has 11 heteroatoms. The lowest BCUT2D eigenvalue weighted by Crippen LogP contribution is -2.18. The number of hydrogen-bond donors (Lipinski definition) is 2. The lowest BCUT2D eigenvalue weighted by molar-refractivity contribution is -0.0347. The van der Waals surface area contributed by atoms with Crippen molar-refractivity contribution < 1.29 is 18.5 Å². The summed E-state index contributed by atoms with van der Waals surface area (Å²) in [6.45, 7) is 2.02. The number of anilines is 1. The van der Waals surface area contributed by atoms with Crippen LogP contribution in [0.1, 0.15) is 25.5 Å². The van der Waals surface area contributed by atoms with Gasteiger partial charge < -0.3 is 24.3 Å². The van der Waals surface area contributed by atoms with E-state index in [1.165, 1.54) is 0 Å². The second-order valence-corrected chi connectivity index (χ2v) is 7.74. The lowest BCUT2D eigenvalue weighted by atomic mass is 10.2. The highest BCUT2D eigenvalue weighted by Gasteiger charge is 2.29. The third kappa shape index (κ3) is 3.89. The first kappa shape index (κ1) is 17.4. The molecular weight excluding hydrogens is 365 g/mol. The molecule has 2 unspecified atom stereocenters. The Kier molecular flexibility index (Phi) is 5.35. The summed E-state index contributed by atoms with van der Waals surface area (Å²) in [6.07, 6.45) is 4.77. The predicted molar refractivity (Wildman–Crippen MR) is 94.4 cm³/mol. The fourth-order valence-electron chi connectivity index (χ4n) is 2.90. The van der Waals surface area contributed by atoms with E-state index in [4.69, 9.17) is 24.3 Å². The average Bonchev–Trinajstić information content (AvgIpc) is 3.22. The van der Waals surface area contributed by atoms with Crippen LogP contribution in [0.15, 0.2) is 11.4 Å². The molecule has 0 aliphatic carbocycles. The van der Waals surface area contributed by atoms with E-state index in [1.54, 1.807) is 6.33 Å². The molecule has 0 bridgehead atoms. The van der Waals surface area contributed by atoms with E-state index in [0.717, 1.165) is 32.5 Å². The van der Waals surface area contributed by atoms with Gasteiger partial charge in [-0.1, -0.05) is 0 Å². The highest BCUT2D eigenvalue weighted by atomic mass is 32.1. The van der Waals surface area contributed by atoms with Crippen molar-refractivity contribution in [2.45, 2.75) is 36.6 Å². The van der Waals surface area contributed by atoms with E-state index >= 15 is 0 Å². The Morgan fingerprint density at radius 3 is 3.00 bits per heavy atom. The molecule has 0 amide bonds. The van der Waals surface area contributed by atoms with Gasteiger partial charge in [-0.2, -0.15) is 4.98 Å². The minimum Gasteiger partial charge on any atom is -0.369 e. The summed E-state index contributed by atoms with van der Waals surface area (Å²) in [5.74, 6) is 0.173. The molecule has 0 saturated carbocycles. The maximum absolute atomic E-state index is 6.08. The Hall–Kier alpha value is -1.03. The number of nitrogen functional groups attached to an aromatic ring is 1. The second kappa shape index (κ2) is 7.69. The van der Waals surface area contributed by atoms with Gasteiger partial charge in [-0.15, -0.1) is 12.6 Å². The monoisotopic (exact) mass is 385 g/mol. The number of ether oxygens (including phenoxy) is 2. The zero-order valence-corrected chi connectivity index (χ0v) is 15.4. The predicted octanol–water partition coefficient (Wildman–Crippen LogP) is 2.10. The zero-order valence-electron chi connectivity index (χ0n) is 13.6. The highest BCUT2D eigenvalue weighted by Crippen LogP contribution is 2.41. The number of thiol groups is 1. The van der Waals surface area contributed by atoms with Gasteiger partial charge in [0.25, 0.3) is 0 Å². The van der Waals surface area contributed by atoms with Crippen LogP contribution in [-0.4, -0.2) is 51.8 Å². The van der Waals surface area contributed by atoms with Crippen LogP contribution < -0.4 is 5.73 Å². The largest absolute Gasteiger partial charge is 0.369 e. The van der Waals surface area contributed by atoms with Crippen LogP contribution in [-0.2, 0) is 18.5 Å². The summed E-state index contributed by atoms with van der Waals surface area (Å²) in [5, 5.41) is 0.467. The van der Waals surface area contributed by atoms with Crippen LogP contribution in [0.3, 0.4) is 0 Å². The molecule has 2 saturated heterocycles. The smallest absolute Gasteiger partial charge is 0.223 e. The van der Waals surface area contributed by atoms with Crippen molar-refractivity contribution in [3.05, 3.63) is 6.33 Å². The number of nitrogens with zero attached hydrogens (tertiary/aromatic N) is 4. The maximum Gasteiger partial charge on any atom is 0.223 e. The average molecular weight is 385 g/mol. The zero-order chi connectivity index (χ0) is 17.2. The Morgan fingerprint density at radius 2 is 2.16 bits per heavy atom. The van der Waals surface area contributed by atoms with Crippen LogP contribution >= 0.6 is 21.0 Å². The van der Waals surface area contributed by atoms with Gasteiger partial charge in [0, 0.05) is 0 Å². The number of nitrogens with two attached hydrogens (primary N) is 1. The van der Waals surface area contributed by atoms with E-state index in [-0.39, 0.29) is 18.3 Å². The van der Waals surface area contributed by atoms with Gasteiger partial charge in [-0.05, 0) is 19.3 Å². The molecule has 4 heterocycles. The fraction of sp³-hybridized carbons (Fsp3) is 0.643. The molecule has 25 heavy (non-hydrogen) atoms. The van der Waals surface area contributed by atoms with Crippen LogP contribution in [0.5, 0.6) is 0 Å². The van der Waals surface area contributed by atoms with Gasteiger partial charge in [0.15, 0.2) is 14.0 Å². The molecule has 4 rings (SSSR count). The molecule has 2 aromatic heterocycles. The van der Waals surface area contributed by atoms with Gasteiger partial charge in [0.1, 0.15) is 23.1 Å². The first-order valence-electron chi connectivity index (χ1n) is 8.16. The molecule has 2 aliphatic rings. The number of hydrogen-bond acceptors (Lipinski definition) is 9. The van der Waals surface area contributed by atoms with Crippen LogP contribution in [0.2, 0.25) is 0 Å². The Bertz CT molecular complexity index is 741. The quantitative estimate of drug-likeness (QED) is 0.458. The summed E-state index contributed by atoms with van der Waals surface area (Å²) in [4.78, 5) is 12.6. The van der Waals surface area contributed by atoms with Crippen molar-refractivity contribution >= 4 is 38.1 Å². The summed E-state index contributed by atoms with van der Waals surface area (Å²) in [6, 6.07) is 0. The second-order valence-electron chi connectivity index (χ2n) is 5.87. The van der Waals surface area contributed by atoms with Crippen molar-refractivity contribution in [3.8, 4) is 0 Å². The third-order valence-corrected chi connectivity index (χ3v) is 5.72. The van der Waals surface area contributed by atoms with Gasteiger partial charge in [0.2, 0.25) is 5.95 Å². The van der Waals surface area contributed by atoms with Crippen molar-refractivity contribution in [3.63, 3.8) is 0 Å². The Labute approximate surface area is 151 Å². The minimum absolute atomic E-state index is 0.0249. The van der Waals surface area contributed by atoms with Crippen LogP contribution in [0.25, 0.3) is 11.2 Å². The normalized spacial score (nSPS) is 25.0. The molecule has 2 aromatic rings. The lowest BCUT2D eigenvalue weighted by Gasteiger charge is -2.22. The minimum atomic E-state index is -0.902. The number of aromatic nitrogens is 4. The molecule has 136 valence electrons. The number of imidazole rings is 1. The van der Waals surface area contributed by atoms with E-state index in [2.05, 4.69) is 27.6 Å². The molecule has 0 aromatic carbocycles. The fourth-order valence-corrected chi connectivity index (χ4v) is 4.31. The van der Waals surface area contributed by atoms with Gasteiger partial charge in [-0.3, -0.25) is 4.57 Å². The van der Waals surface area contributed by atoms with Crippen molar-refractivity contribution in [1.82, 2.24) is 19.5 Å². The van der Waals surface area contributed by atoms with Crippen molar-refractivity contribution in [2.75, 3.05) is 31.9 Å². The van der Waals surface area contributed by atoms with Crippen molar-refractivity contribution in [1.29, 1.82) is 0 Å². The molecule has 0 spiro atoms. The first-order chi connectivity index (χ1) is 12.2. The molecular formula is C14H20N5O4PS. The molecule has 2 atom stereocenters. The van der Waals surface area contributed by atoms with E-state index in [1.807, 2.05) is 4.57 Å². The van der Waals surface area contributed by atoms with Crippen LogP contribution in [0.4, 0.5) is 5.95 Å².